The van der Waals surface area contributed by atoms with Crippen molar-refractivity contribution in [3.63, 3.8) is 0 Å². The molecule has 0 radical (unpaired) electrons. The Balaban J connectivity index is 2.12. The molecule has 0 aliphatic carbocycles. The summed E-state index contributed by atoms with van der Waals surface area (Å²) in [5.41, 5.74) is 6.54. The third-order valence-corrected chi connectivity index (χ3v) is 2.85. The third-order valence-electron chi connectivity index (χ3n) is 2.00. The first-order chi connectivity index (χ1) is 7.72. The van der Waals surface area contributed by atoms with Crippen LogP contribution in [0, 0.1) is 0 Å². The molecule has 5 heteroatoms. The van der Waals surface area contributed by atoms with Gasteiger partial charge in [-0.25, -0.2) is 4.98 Å². The molecule has 0 aromatic carbocycles. The Morgan fingerprint density at radius 1 is 1.56 bits per heavy atom. The molecular weight excluding hydrogens is 222 g/mol. The standard InChI is InChI=1S/C11H21N3OS/c1-9(2)15-7-3-6-13-11-14-10(4-5-12)8-16-11/h8-9H,3-7,12H2,1-2H3,(H,13,14). The Hall–Kier alpha value is -0.650. The van der Waals surface area contributed by atoms with E-state index in [-0.39, 0.29) is 0 Å². The van der Waals surface area contributed by atoms with Gasteiger partial charge in [-0.2, -0.15) is 0 Å². The number of rotatable bonds is 8. The van der Waals surface area contributed by atoms with Crippen molar-refractivity contribution in [2.45, 2.75) is 32.8 Å². The van der Waals surface area contributed by atoms with Crippen molar-refractivity contribution in [3.05, 3.63) is 11.1 Å². The molecule has 0 aliphatic rings. The van der Waals surface area contributed by atoms with Gasteiger partial charge in [0.25, 0.3) is 0 Å². The number of nitrogens with zero attached hydrogens (tertiary/aromatic N) is 1. The zero-order chi connectivity index (χ0) is 11.8. The van der Waals surface area contributed by atoms with Crippen molar-refractivity contribution in [3.8, 4) is 0 Å². The molecular formula is C11H21N3OS. The Morgan fingerprint density at radius 2 is 2.38 bits per heavy atom. The summed E-state index contributed by atoms with van der Waals surface area (Å²) in [6.07, 6.45) is 2.18. The van der Waals surface area contributed by atoms with Crippen LogP contribution in [-0.2, 0) is 11.2 Å². The van der Waals surface area contributed by atoms with Gasteiger partial charge < -0.3 is 15.8 Å². The van der Waals surface area contributed by atoms with Crippen molar-refractivity contribution < 1.29 is 4.74 Å². The molecule has 1 aromatic heterocycles. The maximum Gasteiger partial charge on any atom is 0.182 e. The van der Waals surface area contributed by atoms with E-state index in [0.717, 1.165) is 36.8 Å². The van der Waals surface area contributed by atoms with E-state index in [2.05, 4.69) is 15.7 Å². The highest BCUT2D eigenvalue weighted by molar-refractivity contribution is 7.13. The van der Waals surface area contributed by atoms with E-state index in [4.69, 9.17) is 10.5 Å². The van der Waals surface area contributed by atoms with Crippen LogP contribution >= 0.6 is 11.3 Å². The van der Waals surface area contributed by atoms with E-state index in [1.165, 1.54) is 0 Å². The molecule has 16 heavy (non-hydrogen) atoms. The molecule has 0 spiro atoms. The quantitative estimate of drug-likeness (QED) is 0.684. The summed E-state index contributed by atoms with van der Waals surface area (Å²) < 4.78 is 5.45. The van der Waals surface area contributed by atoms with Gasteiger partial charge in [-0.15, -0.1) is 11.3 Å². The molecule has 0 bridgehead atoms. The molecule has 4 nitrogen and oxygen atoms in total. The first-order valence-electron chi connectivity index (χ1n) is 5.72. The normalized spacial score (nSPS) is 11.0. The highest BCUT2D eigenvalue weighted by Crippen LogP contribution is 2.15. The number of thiazole rings is 1. The van der Waals surface area contributed by atoms with Gasteiger partial charge in [0.05, 0.1) is 11.8 Å². The average molecular weight is 243 g/mol. The molecule has 1 aromatic rings. The van der Waals surface area contributed by atoms with Gasteiger partial charge in [-0.3, -0.25) is 0 Å². The number of hydrogen-bond acceptors (Lipinski definition) is 5. The Labute approximate surface area is 101 Å². The van der Waals surface area contributed by atoms with Gasteiger partial charge in [-0.1, -0.05) is 0 Å². The molecule has 1 rings (SSSR count). The molecule has 0 saturated heterocycles. The van der Waals surface area contributed by atoms with Crippen molar-refractivity contribution in [2.75, 3.05) is 25.0 Å². The number of nitrogens with two attached hydrogens (primary N) is 1. The second kappa shape index (κ2) is 7.60. The molecule has 1 heterocycles. The van der Waals surface area contributed by atoms with Crippen molar-refractivity contribution >= 4 is 16.5 Å². The fraction of sp³-hybridized carbons (Fsp3) is 0.727. The van der Waals surface area contributed by atoms with Gasteiger partial charge >= 0.3 is 0 Å². The molecule has 0 unspecified atom stereocenters. The van der Waals surface area contributed by atoms with Gasteiger partial charge in [0.15, 0.2) is 5.13 Å². The maximum atomic E-state index is 5.47. The van der Waals surface area contributed by atoms with Gasteiger partial charge in [0.1, 0.15) is 0 Å². The lowest BCUT2D eigenvalue weighted by Gasteiger charge is -2.07. The number of nitrogens with one attached hydrogen (secondary N) is 1. The van der Waals surface area contributed by atoms with E-state index >= 15 is 0 Å². The molecule has 0 atom stereocenters. The average Bonchev–Trinajstić information content (AvgIpc) is 2.65. The summed E-state index contributed by atoms with van der Waals surface area (Å²) in [4.78, 5) is 4.42. The molecule has 0 amide bonds. The van der Waals surface area contributed by atoms with Crippen LogP contribution < -0.4 is 11.1 Å². The third kappa shape index (κ3) is 5.44. The summed E-state index contributed by atoms with van der Waals surface area (Å²) >= 11 is 1.64. The summed E-state index contributed by atoms with van der Waals surface area (Å²) in [6, 6.07) is 0. The largest absolute Gasteiger partial charge is 0.379 e. The smallest absolute Gasteiger partial charge is 0.182 e. The number of hydrogen-bond donors (Lipinski definition) is 2. The van der Waals surface area contributed by atoms with Crippen LogP contribution in [0.1, 0.15) is 26.0 Å². The minimum Gasteiger partial charge on any atom is -0.379 e. The lowest BCUT2D eigenvalue weighted by molar-refractivity contribution is 0.0787. The van der Waals surface area contributed by atoms with Crippen LogP contribution in [0.25, 0.3) is 0 Å². The molecule has 92 valence electrons. The first-order valence-corrected chi connectivity index (χ1v) is 6.60. The monoisotopic (exact) mass is 243 g/mol. The van der Waals surface area contributed by atoms with E-state index in [1.54, 1.807) is 11.3 Å². The Kier molecular flexibility index (Phi) is 6.37. The number of anilines is 1. The van der Waals surface area contributed by atoms with Gasteiger partial charge in [0, 0.05) is 25.0 Å². The fourth-order valence-corrected chi connectivity index (χ4v) is 2.01. The lowest BCUT2D eigenvalue weighted by atomic mass is 10.3. The fourth-order valence-electron chi connectivity index (χ4n) is 1.24. The highest BCUT2D eigenvalue weighted by Gasteiger charge is 2.00. The van der Waals surface area contributed by atoms with Crippen molar-refractivity contribution in [1.29, 1.82) is 0 Å². The predicted molar refractivity (Wildman–Crippen MR) is 69.1 cm³/mol. The van der Waals surface area contributed by atoms with Gasteiger partial charge in [0.2, 0.25) is 0 Å². The van der Waals surface area contributed by atoms with Crippen molar-refractivity contribution in [1.82, 2.24) is 4.98 Å². The maximum absolute atomic E-state index is 5.47. The molecule has 3 N–H and O–H groups in total. The summed E-state index contributed by atoms with van der Waals surface area (Å²) in [5.74, 6) is 0. The molecule has 0 aliphatic heterocycles. The minimum absolute atomic E-state index is 0.316. The summed E-state index contributed by atoms with van der Waals surface area (Å²) in [6.45, 7) is 6.46. The van der Waals surface area contributed by atoms with E-state index in [0.29, 0.717) is 12.6 Å². The summed E-state index contributed by atoms with van der Waals surface area (Å²) in [7, 11) is 0. The van der Waals surface area contributed by atoms with E-state index in [1.807, 2.05) is 13.8 Å². The lowest BCUT2D eigenvalue weighted by Crippen LogP contribution is -2.09. The summed E-state index contributed by atoms with van der Waals surface area (Å²) in [5, 5.41) is 6.32. The topological polar surface area (TPSA) is 60.2 Å². The zero-order valence-electron chi connectivity index (χ0n) is 10.0. The number of aromatic nitrogens is 1. The van der Waals surface area contributed by atoms with Crippen LogP contribution in [0.5, 0.6) is 0 Å². The van der Waals surface area contributed by atoms with Crippen molar-refractivity contribution in [2.24, 2.45) is 5.73 Å². The van der Waals surface area contributed by atoms with Gasteiger partial charge in [-0.05, 0) is 26.8 Å². The minimum atomic E-state index is 0.316. The second-order valence-corrected chi connectivity index (χ2v) is 4.74. The predicted octanol–water partition coefficient (Wildman–Crippen LogP) is 1.87. The van der Waals surface area contributed by atoms with Crippen LogP contribution in [0.4, 0.5) is 5.13 Å². The molecule has 0 fully saturated rings. The van der Waals surface area contributed by atoms with E-state index in [9.17, 15) is 0 Å². The number of ether oxygens (including phenoxy) is 1. The first kappa shape index (κ1) is 13.4. The zero-order valence-corrected chi connectivity index (χ0v) is 10.8. The van der Waals surface area contributed by atoms with E-state index < -0.39 is 0 Å². The van der Waals surface area contributed by atoms with Crippen LogP contribution in [0.3, 0.4) is 0 Å². The SMILES string of the molecule is CC(C)OCCCNc1nc(CCN)cs1. The molecule has 0 saturated carbocycles. The Morgan fingerprint density at radius 3 is 3.06 bits per heavy atom. The van der Waals surface area contributed by atoms with Crippen LogP contribution in [0.15, 0.2) is 5.38 Å². The highest BCUT2D eigenvalue weighted by atomic mass is 32.1. The van der Waals surface area contributed by atoms with Crippen LogP contribution in [0.2, 0.25) is 0 Å². The Bertz CT molecular complexity index is 289. The second-order valence-electron chi connectivity index (χ2n) is 3.88. The van der Waals surface area contributed by atoms with Crippen LogP contribution in [-0.4, -0.2) is 30.8 Å².